The van der Waals surface area contributed by atoms with Gasteiger partial charge < -0.3 is 10.3 Å². The number of carbonyl (C=O) groups is 1. The first-order chi connectivity index (χ1) is 14.3. The Kier molecular flexibility index (Phi) is 3.96. The SMILES string of the molecule is Cc1nn(-c2nc3ccccc3[nH]2)c2c1C(c1ccccc1C(F)(F)F)CC(=O)N2. The van der Waals surface area contributed by atoms with Crippen molar-refractivity contribution in [3.8, 4) is 5.95 Å². The van der Waals surface area contributed by atoms with Gasteiger partial charge in [0.1, 0.15) is 5.82 Å². The third-order valence-corrected chi connectivity index (χ3v) is 5.32. The smallest absolute Gasteiger partial charge is 0.322 e. The van der Waals surface area contributed by atoms with Crippen molar-refractivity contribution in [3.05, 3.63) is 70.9 Å². The number of hydrogen-bond donors (Lipinski definition) is 2. The number of aromatic amines is 1. The highest BCUT2D eigenvalue weighted by molar-refractivity contribution is 5.95. The molecule has 0 fully saturated rings. The second-order valence-corrected chi connectivity index (χ2v) is 7.23. The summed E-state index contributed by atoms with van der Waals surface area (Å²) >= 11 is 0. The van der Waals surface area contributed by atoms with Gasteiger partial charge in [-0.3, -0.25) is 4.79 Å². The quantitative estimate of drug-likeness (QED) is 0.508. The van der Waals surface area contributed by atoms with E-state index in [1.165, 1.54) is 16.8 Å². The third kappa shape index (κ3) is 2.85. The summed E-state index contributed by atoms with van der Waals surface area (Å²) in [5.41, 5.74) is 1.92. The van der Waals surface area contributed by atoms with Gasteiger partial charge >= 0.3 is 6.18 Å². The molecule has 0 spiro atoms. The summed E-state index contributed by atoms with van der Waals surface area (Å²) in [5, 5.41) is 7.26. The highest BCUT2D eigenvalue weighted by atomic mass is 19.4. The Morgan fingerprint density at radius 2 is 1.83 bits per heavy atom. The highest BCUT2D eigenvalue weighted by Gasteiger charge is 2.39. The molecule has 1 aliphatic heterocycles. The lowest BCUT2D eigenvalue weighted by atomic mass is 9.83. The molecule has 0 saturated carbocycles. The van der Waals surface area contributed by atoms with Crippen LogP contribution in [0.15, 0.2) is 48.5 Å². The van der Waals surface area contributed by atoms with Crippen molar-refractivity contribution in [2.45, 2.75) is 25.4 Å². The minimum absolute atomic E-state index is 0.0633. The van der Waals surface area contributed by atoms with Crippen LogP contribution in [0.5, 0.6) is 0 Å². The number of benzene rings is 2. The molecule has 0 bridgehead atoms. The van der Waals surface area contributed by atoms with E-state index in [0.717, 1.165) is 17.1 Å². The van der Waals surface area contributed by atoms with Crippen molar-refractivity contribution in [1.82, 2.24) is 19.7 Å². The van der Waals surface area contributed by atoms with E-state index in [2.05, 4.69) is 20.4 Å². The zero-order valence-electron chi connectivity index (χ0n) is 15.8. The number of carbonyl (C=O) groups excluding carboxylic acids is 1. The van der Waals surface area contributed by atoms with Gasteiger partial charge in [-0.05, 0) is 30.7 Å². The highest BCUT2D eigenvalue weighted by Crippen LogP contribution is 2.44. The summed E-state index contributed by atoms with van der Waals surface area (Å²) in [6, 6.07) is 12.8. The van der Waals surface area contributed by atoms with Crippen molar-refractivity contribution >= 4 is 22.8 Å². The standard InChI is InChI=1S/C21H16F3N5O/c1-11-18-13(12-6-2-3-7-14(12)21(22,23)24)10-17(30)27-19(18)29(28-11)20-25-15-8-4-5-9-16(15)26-20/h2-9,13H,10H2,1H3,(H,25,26)(H,27,30). The molecule has 152 valence electrons. The van der Waals surface area contributed by atoms with E-state index in [0.29, 0.717) is 23.0 Å². The number of H-pyrrole nitrogens is 1. The molecule has 0 radical (unpaired) electrons. The van der Waals surface area contributed by atoms with Crippen molar-refractivity contribution < 1.29 is 18.0 Å². The lowest BCUT2D eigenvalue weighted by Crippen LogP contribution is -2.26. The van der Waals surface area contributed by atoms with Gasteiger partial charge in [0.15, 0.2) is 0 Å². The molecule has 2 aromatic heterocycles. The Labute approximate surface area is 168 Å². The van der Waals surface area contributed by atoms with Crippen LogP contribution in [0.2, 0.25) is 0 Å². The average Bonchev–Trinajstić information content (AvgIpc) is 3.28. The topological polar surface area (TPSA) is 75.6 Å². The molecule has 2 N–H and O–H groups in total. The average molecular weight is 411 g/mol. The first kappa shape index (κ1) is 18.4. The number of nitrogens with zero attached hydrogens (tertiary/aromatic N) is 3. The zero-order chi connectivity index (χ0) is 21.0. The van der Waals surface area contributed by atoms with E-state index >= 15 is 0 Å². The zero-order valence-corrected chi connectivity index (χ0v) is 15.8. The van der Waals surface area contributed by atoms with Gasteiger partial charge in [0.2, 0.25) is 11.9 Å². The number of rotatable bonds is 2. The first-order valence-corrected chi connectivity index (χ1v) is 9.33. The molecule has 1 amide bonds. The molecule has 1 aliphatic rings. The predicted octanol–water partition coefficient (Wildman–Crippen LogP) is 4.55. The second kappa shape index (κ2) is 6.45. The Morgan fingerprint density at radius 1 is 1.10 bits per heavy atom. The molecule has 4 aromatic rings. The molecule has 6 nitrogen and oxygen atoms in total. The van der Waals surface area contributed by atoms with Gasteiger partial charge in [0.25, 0.3) is 0 Å². The molecule has 2 aromatic carbocycles. The maximum absolute atomic E-state index is 13.6. The van der Waals surface area contributed by atoms with E-state index in [1.54, 1.807) is 13.0 Å². The predicted molar refractivity (Wildman–Crippen MR) is 104 cm³/mol. The van der Waals surface area contributed by atoms with E-state index in [1.807, 2.05) is 24.3 Å². The largest absolute Gasteiger partial charge is 0.416 e. The van der Waals surface area contributed by atoms with Gasteiger partial charge in [-0.15, -0.1) is 0 Å². The summed E-state index contributed by atoms with van der Waals surface area (Å²) in [5.74, 6) is -0.415. The van der Waals surface area contributed by atoms with E-state index in [9.17, 15) is 18.0 Å². The molecular formula is C21H16F3N5O. The number of anilines is 1. The number of aryl methyl sites for hydroxylation is 1. The van der Waals surface area contributed by atoms with Crippen LogP contribution in [0.25, 0.3) is 17.0 Å². The number of para-hydroxylation sites is 2. The van der Waals surface area contributed by atoms with Crippen molar-refractivity contribution in [2.24, 2.45) is 0 Å². The number of amides is 1. The summed E-state index contributed by atoms with van der Waals surface area (Å²) in [6.07, 6.45) is -4.61. The molecular weight excluding hydrogens is 395 g/mol. The molecule has 1 unspecified atom stereocenters. The Hall–Kier alpha value is -3.62. The Bertz CT molecular complexity index is 1250. The van der Waals surface area contributed by atoms with Gasteiger partial charge in [-0.25, -0.2) is 4.98 Å². The van der Waals surface area contributed by atoms with Crippen LogP contribution in [0.4, 0.5) is 19.0 Å². The Balaban J connectivity index is 1.70. The fourth-order valence-electron chi connectivity index (χ4n) is 4.06. The van der Waals surface area contributed by atoms with Gasteiger partial charge in [0.05, 0.1) is 22.3 Å². The molecule has 5 rings (SSSR count). The number of halogens is 3. The number of fused-ring (bicyclic) bond motifs is 2. The monoisotopic (exact) mass is 411 g/mol. The fraction of sp³-hybridized carbons (Fsp3) is 0.190. The summed E-state index contributed by atoms with van der Waals surface area (Å²) in [4.78, 5) is 20.1. The molecule has 1 atom stereocenters. The van der Waals surface area contributed by atoms with Gasteiger partial charge in [-0.1, -0.05) is 30.3 Å². The maximum atomic E-state index is 13.6. The number of aromatic nitrogens is 4. The van der Waals surface area contributed by atoms with Crippen molar-refractivity contribution in [2.75, 3.05) is 5.32 Å². The van der Waals surface area contributed by atoms with E-state index < -0.39 is 17.7 Å². The summed E-state index contributed by atoms with van der Waals surface area (Å²) in [6.45, 7) is 1.72. The van der Waals surface area contributed by atoms with E-state index in [-0.39, 0.29) is 17.9 Å². The minimum atomic E-state index is -4.52. The number of alkyl halides is 3. The number of nitrogens with one attached hydrogen (secondary N) is 2. The maximum Gasteiger partial charge on any atom is 0.416 e. The minimum Gasteiger partial charge on any atom is -0.322 e. The second-order valence-electron chi connectivity index (χ2n) is 7.23. The van der Waals surface area contributed by atoms with Crippen LogP contribution in [0.1, 0.15) is 34.7 Å². The van der Waals surface area contributed by atoms with Crippen LogP contribution < -0.4 is 5.32 Å². The van der Waals surface area contributed by atoms with Crippen LogP contribution in [0.3, 0.4) is 0 Å². The lowest BCUT2D eigenvalue weighted by molar-refractivity contribution is -0.138. The van der Waals surface area contributed by atoms with E-state index in [4.69, 9.17) is 0 Å². The third-order valence-electron chi connectivity index (χ3n) is 5.32. The Morgan fingerprint density at radius 3 is 2.60 bits per heavy atom. The lowest BCUT2D eigenvalue weighted by Gasteiger charge is -2.26. The first-order valence-electron chi connectivity index (χ1n) is 9.33. The molecule has 0 aliphatic carbocycles. The fourth-order valence-corrected chi connectivity index (χ4v) is 4.06. The van der Waals surface area contributed by atoms with Crippen LogP contribution in [-0.2, 0) is 11.0 Å². The van der Waals surface area contributed by atoms with Crippen LogP contribution in [0, 0.1) is 6.92 Å². The van der Waals surface area contributed by atoms with Crippen molar-refractivity contribution in [1.29, 1.82) is 0 Å². The summed E-state index contributed by atoms with van der Waals surface area (Å²) in [7, 11) is 0. The normalized spacial score (nSPS) is 16.5. The number of hydrogen-bond acceptors (Lipinski definition) is 3. The molecule has 0 saturated heterocycles. The van der Waals surface area contributed by atoms with Gasteiger partial charge in [0, 0.05) is 17.9 Å². The van der Waals surface area contributed by atoms with Crippen LogP contribution >= 0.6 is 0 Å². The van der Waals surface area contributed by atoms with Gasteiger partial charge in [-0.2, -0.15) is 23.0 Å². The number of imidazole rings is 1. The van der Waals surface area contributed by atoms with Crippen LogP contribution in [-0.4, -0.2) is 25.7 Å². The molecule has 3 heterocycles. The summed E-state index contributed by atoms with van der Waals surface area (Å²) < 4.78 is 42.3. The molecule has 9 heteroatoms. The van der Waals surface area contributed by atoms with Crippen molar-refractivity contribution in [3.63, 3.8) is 0 Å². The molecule has 30 heavy (non-hydrogen) atoms.